The monoisotopic (exact) mass is 288 g/mol. The molecular formula is C17H21FN2O. The molecule has 0 aliphatic heterocycles. The molecule has 3 nitrogen and oxygen atoms in total. The maximum absolute atomic E-state index is 13.4. The number of benzene rings is 1. The fourth-order valence-electron chi connectivity index (χ4n) is 1.79. The van der Waals surface area contributed by atoms with Crippen LogP contribution in [0.2, 0.25) is 0 Å². The van der Waals surface area contributed by atoms with E-state index >= 15 is 0 Å². The molecular weight excluding hydrogens is 267 g/mol. The van der Waals surface area contributed by atoms with Gasteiger partial charge in [0.2, 0.25) is 0 Å². The van der Waals surface area contributed by atoms with E-state index in [1.165, 1.54) is 6.07 Å². The number of ether oxygens (including phenoxy) is 1. The van der Waals surface area contributed by atoms with Gasteiger partial charge in [0.25, 0.3) is 0 Å². The molecule has 0 aliphatic carbocycles. The SMILES string of the molecule is Cc1ccc(OCc2ccc(CNC(C)C)cn2)cc1F. The highest BCUT2D eigenvalue weighted by Gasteiger charge is 2.02. The Morgan fingerprint density at radius 2 is 2.05 bits per heavy atom. The molecule has 0 amide bonds. The van der Waals surface area contributed by atoms with Crippen molar-refractivity contribution in [1.82, 2.24) is 10.3 Å². The lowest BCUT2D eigenvalue weighted by atomic mass is 10.2. The molecule has 0 spiro atoms. The molecule has 0 saturated heterocycles. The fraction of sp³-hybridized carbons (Fsp3) is 0.353. The Morgan fingerprint density at radius 1 is 1.24 bits per heavy atom. The maximum Gasteiger partial charge on any atom is 0.130 e. The molecule has 0 fully saturated rings. The topological polar surface area (TPSA) is 34.1 Å². The van der Waals surface area contributed by atoms with Gasteiger partial charge in [-0.25, -0.2) is 4.39 Å². The number of nitrogens with one attached hydrogen (secondary N) is 1. The van der Waals surface area contributed by atoms with Crippen molar-refractivity contribution < 1.29 is 9.13 Å². The zero-order valence-corrected chi connectivity index (χ0v) is 12.7. The van der Waals surface area contributed by atoms with Gasteiger partial charge in [-0.1, -0.05) is 26.0 Å². The second-order valence-corrected chi connectivity index (χ2v) is 5.39. The summed E-state index contributed by atoms with van der Waals surface area (Å²) in [5.74, 6) is 0.265. The first kappa shape index (κ1) is 15.4. The Balaban J connectivity index is 1.89. The summed E-state index contributed by atoms with van der Waals surface area (Å²) in [6.07, 6.45) is 1.84. The first-order chi connectivity index (χ1) is 10.0. The van der Waals surface area contributed by atoms with E-state index < -0.39 is 0 Å². The Hall–Kier alpha value is -1.94. The average molecular weight is 288 g/mol. The van der Waals surface area contributed by atoms with Gasteiger partial charge in [0, 0.05) is 24.8 Å². The van der Waals surface area contributed by atoms with Gasteiger partial charge in [0.15, 0.2) is 0 Å². The van der Waals surface area contributed by atoms with E-state index in [1.807, 2.05) is 18.3 Å². The summed E-state index contributed by atoms with van der Waals surface area (Å²) >= 11 is 0. The molecule has 0 atom stereocenters. The minimum atomic E-state index is -0.254. The lowest BCUT2D eigenvalue weighted by molar-refractivity contribution is 0.299. The number of pyridine rings is 1. The quantitative estimate of drug-likeness (QED) is 0.881. The van der Waals surface area contributed by atoms with E-state index in [0.717, 1.165) is 17.8 Å². The minimum absolute atomic E-state index is 0.254. The van der Waals surface area contributed by atoms with Gasteiger partial charge in [-0.2, -0.15) is 0 Å². The Morgan fingerprint density at radius 3 is 2.67 bits per heavy atom. The molecule has 0 bridgehead atoms. The van der Waals surface area contributed by atoms with Gasteiger partial charge < -0.3 is 10.1 Å². The highest BCUT2D eigenvalue weighted by molar-refractivity contribution is 5.28. The van der Waals surface area contributed by atoms with Gasteiger partial charge in [0.1, 0.15) is 18.2 Å². The molecule has 2 rings (SSSR count). The normalized spacial score (nSPS) is 10.9. The fourth-order valence-corrected chi connectivity index (χ4v) is 1.79. The molecule has 112 valence electrons. The smallest absolute Gasteiger partial charge is 0.130 e. The van der Waals surface area contributed by atoms with Crippen molar-refractivity contribution in [2.24, 2.45) is 0 Å². The van der Waals surface area contributed by atoms with Gasteiger partial charge >= 0.3 is 0 Å². The van der Waals surface area contributed by atoms with Crippen LogP contribution in [0.15, 0.2) is 36.5 Å². The third-order valence-electron chi connectivity index (χ3n) is 3.13. The lowest BCUT2D eigenvalue weighted by Crippen LogP contribution is -2.21. The summed E-state index contributed by atoms with van der Waals surface area (Å²) < 4.78 is 19.0. The molecule has 0 radical (unpaired) electrons. The summed E-state index contributed by atoms with van der Waals surface area (Å²) in [7, 11) is 0. The number of halogens is 1. The molecule has 1 N–H and O–H groups in total. The summed E-state index contributed by atoms with van der Waals surface area (Å²) in [6, 6.07) is 9.28. The van der Waals surface area contributed by atoms with E-state index in [-0.39, 0.29) is 5.82 Å². The van der Waals surface area contributed by atoms with E-state index in [4.69, 9.17) is 4.74 Å². The molecule has 1 aromatic carbocycles. The standard InChI is InChI=1S/C17H21FN2O/c1-12(2)19-9-14-5-6-15(20-10-14)11-21-16-7-4-13(3)17(18)8-16/h4-8,10,12,19H,9,11H2,1-3H3. The predicted molar refractivity (Wildman–Crippen MR) is 81.7 cm³/mol. The summed E-state index contributed by atoms with van der Waals surface area (Å²) in [5, 5.41) is 3.34. The lowest BCUT2D eigenvalue weighted by Gasteiger charge is -2.09. The van der Waals surface area contributed by atoms with Crippen LogP contribution < -0.4 is 10.1 Å². The second-order valence-electron chi connectivity index (χ2n) is 5.39. The average Bonchev–Trinajstić information content (AvgIpc) is 2.47. The summed E-state index contributed by atoms with van der Waals surface area (Å²) in [6.45, 7) is 7.08. The molecule has 0 unspecified atom stereocenters. The van der Waals surface area contributed by atoms with Crippen LogP contribution in [0.4, 0.5) is 4.39 Å². The van der Waals surface area contributed by atoms with Crippen LogP contribution in [0.5, 0.6) is 5.75 Å². The number of hydrogen-bond donors (Lipinski definition) is 1. The molecule has 1 aromatic heterocycles. The van der Waals surface area contributed by atoms with Crippen molar-refractivity contribution in [3.05, 3.63) is 59.2 Å². The van der Waals surface area contributed by atoms with Gasteiger partial charge in [-0.05, 0) is 30.2 Å². The number of aryl methyl sites for hydroxylation is 1. The Kier molecular flexibility index (Phi) is 5.28. The zero-order valence-electron chi connectivity index (χ0n) is 12.7. The highest BCUT2D eigenvalue weighted by Crippen LogP contribution is 2.17. The third-order valence-corrected chi connectivity index (χ3v) is 3.13. The van der Waals surface area contributed by atoms with Crippen LogP contribution >= 0.6 is 0 Å². The van der Waals surface area contributed by atoms with Crippen molar-refractivity contribution in [1.29, 1.82) is 0 Å². The molecule has 2 aromatic rings. The largest absolute Gasteiger partial charge is 0.487 e. The maximum atomic E-state index is 13.4. The third kappa shape index (κ3) is 4.83. The zero-order chi connectivity index (χ0) is 15.2. The van der Waals surface area contributed by atoms with Gasteiger partial charge in [-0.15, -0.1) is 0 Å². The van der Waals surface area contributed by atoms with Crippen molar-refractivity contribution in [2.75, 3.05) is 0 Å². The predicted octanol–water partition coefficient (Wildman–Crippen LogP) is 3.61. The number of nitrogens with zero attached hydrogens (tertiary/aromatic N) is 1. The molecule has 0 aliphatic rings. The van der Waals surface area contributed by atoms with Gasteiger partial charge in [0.05, 0.1) is 5.69 Å². The number of hydrogen-bond acceptors (Lipinski definition) is 3. The van der Waals surface area contributed by atoms with Crippen molar-refractivity contribution in [2.45, 2.75) is 40.0 Å². The number of aromatic nitrogens is 1. The summed E-state index contributed by atoms with van der Waals surface area (Å²) in [4.78, 5) is 4.35. The summed E-state index contributed by atoms with van der Waals surface area (Å²) in [5.41, 5.74) is 2.57. The van der Waals surface area contributed by atoms with Crippen LogP contribution in [-0.4, -0.2) is 11.0 Å². The number of rotatable bonds is 6. The molecule has 4 heteroatoms. The van der Waals surface area contributed by atoms with Gasteiger partial charge in [-0.3, -0.25) is 4.98 Å². The molecule has 0 saturated carbocycles. The molecule has 21 heavy (non-hydrogen) atoms. The second kappa shape index (κ2) is 7.18. The van der Waals surface area contributed by atoms with Crippen LogP contribution in [0, 0.1) is 12.7 Å². The molecule has 1 heterocycles. The van der Waals surface area contributed by atoms with E-state index in [1.54, 1.807) is 19.1 Å². The van der Waals surface area contributed by atoms with Crippen LogP contribution in [0.3, 0.4) is 0 Å². The van der Waals surface area contributed by atoms with E-state index in [0.29, 0.717) is 24.0 Å². The van der Waals surface area contributed by atoms with Crippen molar-refractivity contribution in [3.63, 3.8) is 0 Å². The Bertz CT molecular complexity index is 582. The van der Waals surface area contributed by atoms with Crippen LogP contribution in [-0.2, 0) is 13.2 Å². The van der Waals surface area contributed by atoms with Crippen molar-refractivity contribution in [3.8, 4) is 5.75 Å². The minimum Gasteiger partial charge on any atom is -0.487 e. The van der Waals surface area contributed by atoms with Crippen molar-refractivity contribution >= 4 is 0 Å². The Labute approximate surface area is 125 Å². The van der Waals surface area contributed by atoms with Crippen LogP contribution in [0.1, 0.15) is 30.7 Å². The van der Waals surface area contributed by atoms with E-state index in [2.05, 4.69) is 24.1 Å². The van der Waals surface area contributed by atoms with E-state index in [9.17, 15) is 4.39 Å². The van der Waals surface area contributed by atoms with Crippen LogP contribution in [0.25, 0.3) is 0 Å². The highest BCUT2D eigenvalue weighted by atomic mass is 19.1. The first-order valence-corrected chi connectivity index (χ1v) is 7.11. The first-order valence-electron chi connectivity index (χ1n) is 7.11.